The van der Waals surface area contributed by atoms with Crippen molar-refractivity contribution in [2.45, 2.75) is 38.5 Å². The molecule has 9 aromatic rings. The van der Waals surface area contributed by atoms with Crippen molar-refractivity contribution in [3.63, 3.8) is 0 Å². The van der Waals surface area contributed by atoms with Crippen LogP contribution in [0.4, 0.5) is 17.1 Å². The Morgan fingerprint density at radius 2 is 0.983 bits per heavy atom. The molecular weight excluding hydrogens is 701 g/mol. The molecule has 276 valence electrons. The van der Waals surface area contributed by atoms with E-state index in [1.807, 2.05) is 0 Å². The zero-order valence-corrected chi connectivity index (χ0v) is 33.2. The van der Waals surface area contributed by atoms with Gasteiger partial charge in [-0.25, -0.2) is 0 Å². The van der Waals surface area contributed by atoms with E-state index in [0.717, 1.165) is 28.2 Å². The molecule has 0 fully saturated rings. The van der Waals surface area contributed by atoms with Gasteiger partial charge in [-0.2, -0.15) is 0 Å². The quantitative estimate of drug-likeness (QED) is 0.163. The average Bonchev–Trinajstić information content (AvgIpc) is 3.80. The molecule has 0 amide bonds. The maximum atomic E-state index is 3.54. The topological polar surface area (TPSA) is 8.17 Å². The Bertz CT molecular complexity index is 3150. The number of rotatable bonds is 4. The van der Waals surface area contributed by atoms with Crippen molar-refractivity contribution in [1.82, 2.24) is 4.57 Å². The molecule has 11 rings (SSSR count). The molecule has 0 saturated heterocycles. The predicted octanol–water partition coefficient (Wildman–Crippen LogP) is 14.3. The Morgan fingerprint density at radius 3 is 1.79 bits per heavy atom. The normalized spacial score (nSPS) is 14.0. The lowest BCUT2D eigenvalue weighted by Gasteiger charge is -2.28. The van der Waals surface area contributed by atoms with Gasteiger partial charge in [-0.1, -0.05) is 143 Å². The van der Waals surface area contributed by atoms with Gasteiger partial charge < -0.3 is 9.47 Å². The highest BCUT2D eigenvalue weighted by atomic mass is 15.1. The summed E-state index contributed by atoms with van der Waals surface area (Å²) in [5, 5.41) is 2.57. The van der Waals surface area contributed by atoms with E-state index in [1.54, 1.807) is 0 Å². The molecular formula is C56H42N2. The minimum absolute atomic E-state index is 0.0757. The molecule has 2 aliphatic carbocycles. The number of hydrogen-bond acceptors (Lipinski definition) is 1. The van der Waals surface area contributed by atoms with E-state index in [0.29, 0.717) is 0 Å². The molecule has 2 nitrogen and oxygen atoms in total. The van der Waals surface area contributed by atoms with Crippen LogP contribution in [0.1, 0.15) is 61.1 Å². The van der Waals surface area contributed by atoms with Crippen molar-refractivity contribution >= 4 is 38.9 Å². The van der Waals surface area contributed by atoms with Crippen LogP contribution in [0.15, 0.2) is 182 Å². The number of benzene rings is 8. The van der Waals surface area contributed by atoms with Gasteiger partial charge in [0.1, 0.15) is 0 Å². The van der Waals surface area contributed by atoms with Crippen LogP contribution in [0, 0.1) is 11.8 Å². The van der Waals surface area contributed by atoms with E-state index >= 15 is 0 Å². The smallest absolute Gasteiger partial charge is 0.0588 e. The lowest BCUT2D eigenvalue weighted by atomic mass is 9.81. The summed E-state index contributed by atoms with van der Waals surface area (Å²) in [6, 6.07) is 66.2. The minimum Gasteiger partial charge on any atom is -0.310 e. The molecule has 0 radical (unpaired) electrons. The molecule has 0 saturated carbocycles. The van der Waals surface area contributed by atoms with Crippen LogP contribution in [0.3, 0.4) is 0 Å². The van der Waals surface area contributed by atoms with Gasteiger partial charge in [0.25, 0.3) is 0 Å². The monoisotopic (exact) mass is 742 g/mol. The summed E-state index contributed by atoms with van der Waals surface area (Å²) in [5.74, 6) is 7.05. The van der Waals surface area contributed by atoms with Gasteiger partial charge in [-0.3, -0.25) is 0 Å². The van der Waals surface area contributed by atoms with Crippen LogP contribution >= 0.6 is 0 Å². The number of para-hydroxylation sites is 3. The first-order valence-electron chi connectivity index (χ1n) is 20.3. The maximum Gasteiger partial charge on any atom is 0.0588 e. The minimum atomic E-state index is -0.221. The molecule has 2 heteroatoms. The summed E-state index contributed by atoms with van der Waals surface area (Å²) in [4.78, 5) is 2.35. The van der Waals surface area contributed by atoms with E-state index in [1.165, 1.54) is 72.0 Å². The third kappa shape index (κ3) is 5.07. The van der Waals surface area contributed by atoms with Crippen LogP contribution < -0.4 is 4.90 Å². The molecule has 2 aliphatic rings. The largest absolute Gasteiger partial charge is 0.310 e. The van der Waals surface area contributed by atoms with Gasteiger partial charge in [0.15, 0.2) is 0 Å². The lowest BCUT2D eigenvalue weighted by Crippen LogP contribution is -2.16. The fourth-order valence-corrected chi connectivity index (χ4v) is 9.96. The molecule has 0 aliphatic heterocycles. The second-order valence-electron chi connectivity index (χ2n) is 16.8. The van der Waals surface area contributed by atoms with Crippen molar-refractivity contribution in [3.8, 4) is 39.8 Å². The van der Waals surface area contributed by atoms with Crippen LogP contribution in [0.25, 0.3) is 49.7 Å². The number of aromatic nitrogens is 1. The van der Waals surface area contributed by atoms with Crippen molar-refractivity contribution in [3.05, 3.63) is 215 Å². The second-order valence-corrected chi connectivity index (χ2v) is 16.8. The van der Waals surface area contributed by atoms with Gasteiger partial charge in [0.2, 0.25) is 0 Å². The van der Waals surface area contributed by atoms with Crippen LogP contribution in [0.2, 0.25) is 0 Å². The van der Waals surface area contributed by atoms with Crippen molar-refractivity contribution in [2.24, 2.45) is 0 Å². The van der Waals surface area contributed by atoms with Crippen molar-refractivity contribution in [1.29, 1.82) is 0 Å². The van der Waals surface area contributed by atoms with Gasteiger partial charge in [-0.05, 0) is 123 Å². The number of fused-ring (bicyclic) bond motifs is 10. The van der Waals surface area contributed by atoms with Crippen molar-refractivity contribution < 1.29 is 0 Å². The Morgan fingerprint density at radius 1 is 0.414 bits per heavy atom. The predicted molar refractivity (Wildman–Crippen MR) is 243 cm³/mol. The summed E-state index contributed by atoms with van der Waals surface area (Å²) in [6.07, 6.45) is 0. The molecule has 0 bridgehead atoms. The molecule has 0 spiro atoms. The van der Waals surface area contributed by atoms with E-state index in [2.05, 4.69) is 231 Å². The average molecular weight is 743 g/mol. The van der Waals surface area contributed by atoms with Crippen LogP contribution in [-0.4, -0.2) is 4.57 Å². The van der Waals surface area contributed by atoms with E-state index < -0.39 is 0 Å². The fourth-order valence-electron chi connectivity index (χ4n) is 9.96. The SMILES string of the molecule is CC1(C)c2ccccc2-c2ccc(N(c3ccccc3)c3ccc(C#Cc4ccc5c(c4)C(C)(C)c4c-5ccc5c6ccccc6n(-c6ccccc6)c45)cc3)cc21. The summed E-state index contributed by atoms with van der Waals surface area (Å²) in [6.45, 7) is 9.43. The lowest BCUT2D eigenvalue weighted by molar-refractivity contribution is 0.660. The highest BCUT2D eigenvalue weighted by molar-refractivity contribution is 6.13. The fraction of sp³-hybridized carbons (Fsp3) is 0.107. The third-order valence-electron chi connectivity index (χ3n) is 12.8. The van der Waals surface area contributed by atoms with Gasteiger partial charge in [0, 0.05) is 55.5 Å². The molecule has 0 atom stereocenters. The molecule has 0 N–H and O–H groups in total. The first-order chi connectivity index (χ1) is 28.3. The first-order valence-corrected chi connectivity index (χ1v) is 20.3. The number of hydrogen-bond donors (Lipinski definition) is 0. The summed E-state index contributed by atoms with van der Waals surface area (Å²) >= 11 is 0. The molecule has 1 aromatic heterocycles. The Labute approximate surface area is 340 Å². The number of anilines is 3. The zero-order chi connectivity index (χ0) is 39.2. The molecule has 58 heavy (non-hydrogen) atoms. The van der Waals surface area contributed by atoms with E-state index in [4.69, 9.17) is 0 Å². The van der Waals surface area contributed by atoms with Gasteiger partial charge >= 0.3 is 0 Å². The maximum absolute atomic E-state index is 3.54. The first kappa shape index (κ1) is 34.2. The summed E-state index contributed by atoms with van der Waals surface area (Å²) < 4.78 is 2.46. The van der Waals surface area contributed by atoms with Gasteiger partial charge in [0.05, 0.1) is 11.0 Å². The summed E-state index contributed by atoms with van der Waals surface area (Å²) in [7, 11) is 0. The molecule has 1 heterocycles. The molecule has 8 aromatic carbocycles. The Hall–Kier alpha value is -7.08. The number of nitrogens with zero attached hydrogens (tertiary/aromatic N) is 2. The van der Waals surface area contributed by atoms with E-state index in [9.17, 15) is 0 Å². The highest BCUT2D eigenvalue weighted by Crippen LogP contribution is 2.54. The summed E-state index contributed by atoms with van der Waals surface area (Å²) in [5.41, 5.74) is 19.5. The third-order valence-corrected chi connectivity index (χ3v) is 12.8. The van der Waals surface area contributed by atoms with Crippen LogP contribution in [-0.2, 0) is 10.8 Å². The Kier molecular flexibility index (Phi) is 7.50. The Balaban J connectivity index is 0.942. The van der Waals surface area contributed by atoms with Crippen molar-refractivity contribution in [2.75, 3.05) is 4.90 Å². The van der Waals surface area contributed by atoms with Gasteiger partial charge in [-0.15, -0.1) is 0 Å². The van der Waals surface area contributed by atoms with Crippen LogP contribution in [0.5, 0.6) is 0 Å². The van der Waals surface area contributed by atoms with E-state index in [-0.39, 0.29) is 10.8 Å². The highest BCUT2D eigenvalue weighted by Gasteiger charge is 2.39. The molecule has 0 unspecified atom stereocenters. The second kappa shape index (κ2) is 12.7. The zero-order valence-electron chi connectivity index (χ0n) is 33.2. The standard InChI is InChI=1S/C56H42N2/c1-55(2)49-21-13-11-19-43(49)44-32-30-42(36-51(44)55)57(39-15-7-5-8-16-39)41-28-25-37(26-29-41)23-24-38-27-31-45-47-33-34-48-46-20-12-14-22-52(46)58(40-17-9-6-10-18-40)54(48)53(47)56(3,4)50(45)35-38/h5-22,25-36H,1-4H3.